The summed E-state index contributed by atoms with van der Waals surface area (Å²) in [6.45, 7) is 0. The Kier molecular flexibility index (Phi) is 1.97. The molecule has 2 aromatic carbocycles. The molecule has 0 aromatic heterocycles. The maximum absolute atomic E-state index is 10.9. The Morgan fingerprint density at radius 2 is 1.93 bits per heavy atom. The summed E-state index contributed by atoms with van der Waals surface area (Å²) in [7, 11) is 0. The van der Waals surface area contributed by atoms with Gasteiger partial charge in [-0.3, -0.25) is 0 Å². The van der Waals surface area contributed by atoms with Crippen LogP contribution in [0.3, 0.4) is 0 Å². The number of phenols is 1. The van der Waals surface area contributed by atoms with Gasteiger partial charge in [0.2, 0.25) is 0 Å². The maximum Gasteiger partial charge on any atom is 0.336 e. The summed E-state index contributed by atoms with van der Waals surface area (Å²) in [4.78, 5) is 10.9. The van der Waals surface area contributed by atoms with E-state index in [-0.39, 0.29) is 11.3 Å². The van der Waals surface area contributed by atoms with Crippen LogP contribution in [0.5, 0.6) is 5.75 Å². The van der Waals surface area contributed by atoms with Crippen LogP contribution in [0.2, 0.25) is 0 Å². The highest BCUT2D eigenvalue weighted by Gasteiger charge is 2.12. The molecule has 0 radical (unpaired) electrons. The molecule has 0 heterocycles. The van der Waals surface area contributed by atoms with Crippen molar-refractivity contribution in [1.29, 1.82) is 0 Å². The standard InChI is InChI=1S/C11H9NO3/c12-8-4-5-9(13)6-2-1-3-7(10(6)8)11(14)15/h1-5,13H,12H2,(H,14,15). The zero-order valence-corrected chi connectivity index (χ0v) is 7.77. The largest absolute Gasteiger partial charge is 0.507 e. The molecular formula is C11H9NO3. The first-order valence-corrected chi connectivity index (χ1v) is 4.34. The Balaban J connectivity index is 2.96. The summed E-state index contributed by atoms with van der Waals surface area (Å²) in [6, 6.07) is 7.60. The number of nitrogens with two attached hydrogens (primary N) is 1. The van der Waals surface area contributed by atoms with Gasteiger partial charge in [0, 0.05) is 16.5 Å². The van der Waals surface area contributed by atoms with Crippen LogP contribution in [-0.2, 0) is 0 Å². The molecular weight excluding hydrogens is 194 g/mol. The number of nitrogen functional groups attached to an aromatic ring is 1. The van der Waals surface area contributed by atoms with Crippen LogP contribution in [0, 0.1) is 0 Å². The van der Waals surface area contributed by atoms with E-state index < -0.39 is 5.97 Å². The number of hydrogen-bond acceptors (Lipinski definition) is 3. The number of carbonyl (C=O) groups is 1. The zero-order chi connectivity index (χ0) is 11.0. The van der Waals surface area contributed by atoms with Gasteiger partial charge in [-0.05, 0) is 18.2 Å². The Morgan fingerprint density at radius 3 is 2.60 bits per heavy atom. The number of rotatable bonds is 1. The quantitative estimate of drug-likeness (QED) is 0.487. The number of phenolic OH excluding ortho intramolecular Hbond substituents is 1. The summed E-state index contributed by atoms with van der Waals surface area (Å²) >= 11 is 0. The number of carboxylic acids is 1. The van der Waals surface area contributed by atoms with E-state index in [9.17, 15) is 9.90 Å². The van der Waals surface area contributed by atoms with Gasteiger partial charge in [-0.2, -0.15) is 0 Å². The molecule has 2 rings (SSSR count). The second-order valence-electron chi connectivity index (χ2n) is 3.21. The number of hydrogen-bond donors (Lipinski definition) is 3. The Labute approximate surface area is 85.6 Å². The lowest BCUT2D eigenvalue weighted by Gasteiger charge is -2.06. The predicted octanol–water partition coefficient (Wildman–Crippen LogP) is 1.83. The van der Waals surface area contributed by atoms with Gasteiger partial charge in [-0.25, -0.2) is 4.79 Å². The lowest BCUT2D eigenvalue weighted by Crippen LogP contribution is -1.99. The zero-order valence-electron chi connectivity index (χ0n) is 7.77. The highest BCUT2D eigenvalue weighted by Crippen LogP contribution is 2.31. The fourth-order valence-corrected chi connectivity index (χ4v) is 1.60. The van der Waals surface area contributed by atoms with Gasteiger partial charge in [0.1, 0.15) is 5.75 Å². The van der Waals surface area contributed by atoms with Crippen molar-refractivity contribution in [3.63, 3.8) is 0 Å². The molecule has 0 aliphatic carbocycles. The van der Waals surface area contributed by atoms with Crippen LogP contribution in [-0.4, -0.2) is 16.2 Å². The molecule has 0 aliphatic heterocycles. The minimum absolute atomic E-state index is 0.0299. The average Bonchev–Trinajstić information content (AvgIpc) is 2.23. The first kappa shape index (κ1) is 9.33. The van der Waals surface area contributed by atoms with Crippen LogP contribution in [0.1, 0.15) is 10.4 Å². The lowest BCUT2D eigenvalue weighted by atomic mass is 10.0. The van der Waals surface area contributed by atoms with Gasteiger partial charge in [0.25, 0.3) is 0 Å². The summed E-state index contributed by atoms with van der Waals surface area (Å²) in [5.74, 6) is -1.03. The number of aromatic hydroxyl groups is 1. The second kappa shape index (κ2) is 3.16. The van der Waals surface area contributed by atoms with Crippen molar-refractivity contribution >= 4 is 22.4 Å². The molecule has 2 aromatic rings. The van der Waals surface area contributed by atoms with Crippen molar-refractivity contribution < 1.29 is 15.0 Å². The third-order valence-corrected chi connectivity index (χ3v) is 2.28. The van der Waals surface area contributed by atoms with Gasteiger partial charge >= 0.3 is 5.97 Å². The fraction of sp³-hybridized carbons (Fsp3) is 0. The van der Waals surface area contributed by atoms with Crippen molar-refractivity contribution in [1.82, 2.24) is 0 Å². The van der Waals surface area contributed by atoms with Crippen LogP contribution < -0.4 is 5.73 Å². The molecule has 15 heavy (non-hydrogen) atoms. The molecule has 0 saturated heterocycles. The third kappa shape index (κ3) is 1.36. The number of aromatic carboxylic acids is 1. The minimum atomic E-state index is -1.06. The summed E-state index contributed by atoms with van der Waals surface area (Å²) in [5.41, 5.74) is 6.14. The smallest absolute Gasteiger partial charge is 0.336 e. The molecule has 0 unspecified atom stereocenters. The number of anilines is 1. The van der Waals surface area contributed by atoms with Crippen LogP contribution >= 0.6 is 0 Å². The molecule has 0 saturated carbocycles. The van der Waals surface area contributed by atoms with Gasteiger partial charge < -0.3 is 15.9 Å². The Hall–Kier alpha value is -2.23. The summed E-state index contributed by atoms with van der Waals surface area (Å²) in [6.07, 6.45) is 0. The topological polar surface area (TPSA) is 83.5 Å². The van der Waals surface area contributed by atoms with Crippen molar-refractivity contribution in [2.45, 2.75) is 0 Å². The summed E-state index contributed by atoms with van der Waals surface area (Å²) < 4.78 is 0. The predicted molar refractivity (Wildman–Crippen MR) is 57.0 cm³/mol. The first-order chi connectivity index (χ1) is 7.11. The number of benzene rings is 2. The Bertz CT molecular complexity index is 549. The molecule has 4 N–H and O–H groups in total. The average molecular weight is 203 g/mol. The lowest BCUT2D eigenvalue weighted by molar-refractivity contribution is 0.0699. The van der Waals surface area contributed by atoms with E-state index >= 15 is 0 Å². The molecule has 0 aliphatic rings. The Morgan fingerprint density at radius 1 is 1.20 bits per heavy atom. The molecule has 0 atom stereocenters. The molecule has 0 bridgehead atoms. The maximum atomic E-state index is 10.9. The molecule has 76 valence electrons. The van der Waals surface area contributed by atoms with Crippen LogP contribution in [0.15, 0.2) is 30.3 Å². The van der Waals surface area contributed by atoms with Crippen LogP contribution in [0.4, 0.5) is 5.69 Å². The van der Waals surface area contributed by atoms with Crippen molar-refractivity contribution in [3.8, 4) is 5.75 Å². The molecule has 4 nitrogen and oxygen atoms in total. The second-order valence-corrected chi connectivity index (χ2v) is 3.21. The SMILES string of the molecule is Nc1ccc(O)c2cccc(C(=O)O)c12. The molecule has 0 fully saturated rings. The van der Waals surface area contributed by atoms with Gasteiger partial charge in [0.15, 0.2) is 0 Å². The summed E-state index contributed by atoms with van der Waals surface area (Å²) in [5, 5.41) is 19.3. The van der Waals surface area contributed by atoms with E-state index in [0.29, 0.717) is 16.5 Å². The molecule has 0 amide bonds. The third-order valence-electron chi connectivity index (χ3n) is 2.28. The number of carboxylic acid groups (broad SMARTS) is 1. The van der Waals surface area contributed by atoms with Gasteiger partial charge in [0.05, 0.1) is 5.56 Å². The molecule has 0 spiro atoms. The van der Waals surface area contributed by atoms with Gasteiger partial charge in [-0.1, -0.05) is 12.1 Å². The first-order valence-electron chi connectivity index (χ1n) is 4.34. The molecule has 4 heteroatoms. The minimum Gasteiger partial charge on any atom is -0.507 e. The monoisotopic (exact) mass is 203 g/mol. The highest BCUT2D eigenvalue weighted by atomic mass is 16.4. The van der Waals surface area contributed by atoms with E-state index in [1.807, 2.05) is 0 Å². The van der Waals surface area contributed by atoms with E-state index in [1.54, 1.807) is 12.1 Å². The van der Waals surface area contributed by atoms with E-state index in [2.05, 4.69) is 0 Å². The van der Waals surface area contributed by atoms with E-state index in [4.69, 9.17) is 10.8 Å². The van der Waals surface area contributed by atoms with Crippen molar-refractivity contribution in [2.75, 3.05) is 5.73 Å². The van der Waals surface area contributed by atoms with Gasteiger partial charge in [-0.15, -0.1) is 0 Å². The highest BCUT2D eigenvalue weighted by molar-refractivity contribution is 6.10. The number of fused-ring (bicyclic) bond motifs is 1. The van der Waals surface area contributed by atoms with Crippen molar-refractivity contribution in [3.05, 3.63) is 35.9 Å². The van der Waals surface area contributed by atoms with Crippen LogP contribution in [0.25, 0.3) is 10.8 Å². The normalized spacial score (nSPS) is 10.4. The van der Waals surface area contributed by atoms with E-state index in [0.717, 1.165) is 0 Å². The fourth-order valence-electron chi connectivity index (χ4n) is 1.60. The van der Waals surface area contributed by atoms with Crippen molar-refractivity contribution in [2.24, 2.45) is 0 Å². The van der Waals surface area contributed by atoms with E-state index in [1.165, 1.54) is 18.2 Å².